The molecule has 126 valence electrons. The van der Waals surface area contributed by atoms with Crippen molar-refractivity contribution in [2.75, 3.05) is 13.1 Å². The van der Waals surface area contributed by atoms with Crippen LogP contribution in [0.1, 0.15) is 31.2 Å². The maximum absolute atomic E-state index is 11.0. The fourth-order valence-electron chi connectivity index (χ4n) is 3.12. The Labute approximate surface area is 146 Å². The second-order valence-corrected chi connectivity index (χ2v) is 7.55. The molecule has 2 aliphatic carbocycles. The molecule has 1 aromatic carbocycles. The van der Waals surface area contributed by atoms with Gasteiger partial charge in [-0.2, -0.15) is 0 Å². The summed E-state index contributed by atoms with van der Waals surface area (Å²) in [5.74, 6) is -0.00996. The number of carboxylic acid groups (broad SMARTS) is 1. The highest BCUT2D eigenvalue weighted by Crippen LogP contribution is 2.34. The molecule has 0 amide bonds. The third-order valence-electron chi connectivity index (χ3n) is 4.75. The summed E-state index contributed by atoms with van der Waals surface area (Å²) in [5.41, 5.74) is 1.04. The van der Waals surface area contributed by atoms with E-state index in [0.29, 0.717) is 28.0 Å². The lowest BCUT2D eigenvalue weighted by molar-refractivity contribution is -0.139. The lowest BCUT2D eigenvalue weighted by Crippen LogP contribution is -2.54. The predicted molar refractivity (Wildman–Crippen MR) is 92.0 cm³/mol. The van der Waals surface area contributed by atoms with Crippen molar-refractivity contribution in [1.82, 2.24) is 10.2 Å². The number of carboxylic acids is 1. The molecule has 0 spiro atoms. The van der Waals surface area contributed by atoms with E-state index >= 15 is 0 Å². The van der Waals surface area contributed by atoms with Crippen LogP contribution in [0.15, 0.2) is 18.2 Å². The van der Waals surface area contributed by atoms with Crippen molar-refractivity contribution >= 4 is 29.2 Å². The molecule has 0 heterocycles. The van der Waals surface area contributed by atoms with Gasteiger partial charge in [-0.15, -0.1) is 0 Å². The minimum atomic E-state index is -0.727. The van der Waals surface area contributed by atoms with Crippen LogP contribution in [0.25, 0.3) is 0 Å². The molecule has 4 nitrogen and oxygen atoms in total. The van der Waals surface area contributed by atoms with E-state index in [0.717, 1.165) is 31.5 Å². The summed E-state index contributed by atoms with van der Waals surface area (Å²) in [6.07, 6.45) is 4.51. The van der Waals surface area contributed by atoms with Crippen LogP contribution in [0.2, 0.25) is 10.0 Å². The fraction of sp³-hybridized carbons (Fsp3) is 0.588. The molecular formula is C17H22Cl2N2O2. The van der Waals surface area contributed by atoms with Gasteiger partial charge in [0, 0.05) is 35.2 Å². The largest absolute Gasteiger partial charge is 0.480 e. The van der Waals surface area contributed by atoms with Crippen molar-refractivity contribution < 1.29 is 9.90 Å². The van der Waals surface area contributed by atoms with Crippen LogP contribution >= 0.6 is 23.2 Å². The Balaban J connectivity index is 1.44. The van der Waals surface area contributed by atoms with Crippen LogP contribution in [0, 0.1) is 5.92 Å². The van der Waals surface area contributed by atoms with Gasteiger partial charge in [0.1, 0.15) is 0 Å². The Kier molecular flexibility index (Phi) is 5.47. The molecule has 2 N–H and O–H groups in total. The Morgan fingerprint density at radius 3 is 2.65 bits per heavy atom. The number of carbonyl (C=O) groups is 1. The fourth-order valence-corrected chi connectivity index (χ4v) is 3.60. The van der Waals surface area contributed by atoms with Crippen molar-refractivity contribution in [3.63, 3.8) is 0 Å². The number of nitrogens with zero attached hydrogens (tertiary/aromatic N) is 1. The van der Waals surface area contributed by atoms with Crippen LogP contribution < -0.4 is 5.32 Å². The molecule has 2 fully saturated rings. The standard InChI is InChI=1S/C17H22Cl2N2O2/c18-13-4-3-12(16(19)5-13)8-20-14-6-15(7-14)21(10-17(22)23)9-11-1-2-11/h3-5,11,14-15,20H,1-2,6-10H2,(H,22,23). The first-order valence-electron chi connectivity index (χ1n) is 8.14. The summed E-state index contributed by atoms with van der Waals surface area (Å²) < 4.78 is 0. The molecule has 0 aliphatic heterocycles. The Bertz CT molecular complexity index is 572. The second kappa shape index (κ2) is 7.39. The molecule has 1 aromatic rings. The number of halogens is 2. The minimum absolute atomic E-state index is 0.164. The SMILES string of the molecule is O=C(O)CN(CC1CC1)C1CC(NCc2ccc(Cl)cc2Cl)C1. The van der Waals surface area contributed by atoms with Crippen LogP contribution in [-0.4, -0.2) is 41.1 Å². The zero-order valence-corrected chi connectivity index (χ0v) is 14.5. The molecule has 0 aromatic heterocycles. The molecule has 0 bridgehead atoms. The van der Waals surface area contributed by atoms with E-state index < -0.39 is 5.97 Å². The predicted octanol–water partition coefficient (Wildman–Crippen LogP) is 3.41. The minimum Gasteiger partial charge on any atom is -0.480 e. The highest BCUT2D eigenvalue weighted by atomic mass is 35.5. The molecular weight excluding hydrogens is 335 g/mol. The number of hydrogen-bond donors (Lipinski definition) is 2. The van der Waals surface area contributed by atoms with Gasteiger partial charge in [-0.05, 0) is 49.3 Å². The van der Waals surface area contributed by atoms with Gasteiger partial charge in [-0.25, -0.2) is 0 Å². The first-order valence-corrected chi connectivity index (χ1v) is 8.90. The first kappa shape index (κ1) is 17.0. The number of hydrogen-bond acceptors (Lipinski definition) is 3. The van der Waals surface area contributed by atoms with Gasteiger partial charge in [0.2, 0.25) is 0 Å². The zero-order valence-electron chi connectivity index (χ0n) is 13.0. The van der Waals surface area contributed by atoms with Crippen molar-refractivity contribution in [3.8, 4) is 0 Å². The molecule has 23 heavy (non-hydrogen) atoms. The summed E-state index contributed by atoms with van der Waals surface area (Å²) in [6, 6.07) is 6.37. The normalized spacial score (nSPS) is 23.8. The number of rotatable bonds is 8. The van der Waals surface area contributed by atoms with Gasteiger partial charge < -0.3 is 10.4 Å². The molecule has 0 saturated heterocycles. The van der Waals surface area contributed by atoms with Gasteiger partial charge in [-0.3, -0.25) is 9.69 Å². The number of nitrogens with one attached hydrogen (secondary N) is 1. The highest BCUT2D eigenvalue weighted by molar-refractivity contribution is 6.35. The van der Waals surface area contributed by atoms with Crippen LogP contribution in [0.4, 0.5) is 0 Å². The molecule has 0 unspecified atom stereocenters. The monoisotopic (exact) mass is 356 g/mol. The van der Waals surface area contributed by atoms with Gasteiger partial charge in [0.15, 0.2) is 0 Å². The Morgan fingerprint density at radius 1 is 1.30 bits per heavy atom. The van der Waals surface area contributed by atoms with Crippen molar-refractivity contribution in [1.29, 1.82) is 0 Å². The summed E-state index contributed by atoms with van der Waals surface area (Å²) in [4.78, 5) is 13.2. The average Bonchev–Trinajstić information content (AvgIpc) is 3.22. The van der Waals surface area contributed by atoms with E-state index in [-0.39, 0.29) is 6.54 Å². The van der Waals surface area contributed by atoms with Crippen LogP contribution in [0.5, 0.6) is 0 Å². The number of benzene rings is 1. The van der Waals surface area contributed by atoms with Gasteiger partial charge >= 0.3 is 5.97 Å². The first-order chi connectivity index (χ1) is 11.0. The van der Waals surface area contributed by atoms with Gasteiger partial charge in [0.25, 0.3) is 0 Å². The van der Waals surface area contributed by atoms with Crippen LogP contribution in [0.3, 0.4) is 0 Å². The third-order valence-corrected chi connectivity index (χ3v) is 5.34. The summed E-state index contributed by atoms with van der Waals surface area (Å²) >= 11 is 12.1. The van der Waals surface area contributed by atoms with E-state index in [1.807, 2.05) is 12.1 Å². The quantitative estimate of drug-likeness (QED) is 0.749. The molecule has 6 heteroatoms. The molecule has 0 atom stereocenters. The van der Waals surface area contributed by atoms with E-state index in [2.05, 4.69) is 10.2 Å². The Hall–Kier alpha value is -0.810. The van der Waals surface area contributed by atoms with E-state index in [9.17, 15) is 4.79 Å². The van der Waals surface area contributed by atoms with Gasteiger partial charge in [0.05, 0.1) is 6.54 Å². The third kappa shape index (κ3) is 4.83. The van der Waals surface area contributed by atoms with E-state index in [4.69, 9.17) is 28.3 Å². The smallest absolute Gasteiger partial charge is 0.317 e. The van der Waals surface area contributed by atoms with Crippen molar-refractivity contribution in [2.24, 2.45) is 5.92 Å². The maximum atomic E-state index is 11.0. The highest BCUT2D eigenvalue weighted by Gasteiger charge is 2.36. The van der Waals surface area contributed by atoms with Crippen LogP contribution in [-0.2, 0) is 11.3 Å². The van der Waals surface area contributed by atoms with E-state index in [1.54, 1.807) is 6.07 Å². The maximum Gasteiger partial charge on any atom is 0.317 e. The van der Waals surface area contributed by atoms with Crippen molar-refractivity contribution in [3.05, 3.63) is 33.8 Å². The summed E-state index contributed by atoms with van der Waals surface area (Å²) in [5, 5.41) is 13.9. The molecule has 2 aliphatic rings. The number of aliphatic carboxylic acids is 1. The molecule has 0 radical (unpaired) electrons. The topological polar surface area (TPSA) is 52.6 Å². The molecule has 2 saturated carbocycles. The summed E-state index contributed by atoms with van der Waals surface area (Å²) in [6.45, 7) is 1.82. The summed E-state index contributed by atoms with van der Waals surface area (Å²) in [7, 11) is 0. The average molecular weight is 357 g/mol. The lowest BCUT2D eigenvalue weighted by atomic mass is 9.85. The van der Waals surface area contributed by atoms with Gasteiger partial charge in [-0.1, -0.05) is 29.3 Å². The zero-order chi connectivity index (χ0) is 16.4. The Morgan fingerprint density at radius 2 is 2.04 bits per heavy atom. The second-order valence-electron chi connectivity index (χ2n) is 6.71. The van der Waals surface area contributed by atoms with Crippen molar-refractivity contribution in [2.45, 2.75) is 44.3 Å². The lowest BCUT2D eigenvalue weighted by Gasteiger charge is -2.43. The van der Waals surface area contributed by atoms with E-state index in [1.165, 1.54) is 12.8 Å². The molecule has 3 rings (SSSR count).